The third kappa shape index (κ3) is 58.6. The number of rotatable bonds is 73. The largest absolute Gasteiger partial charge is 0.326 e. The highest BCUT2D eigenvalue weighted by Crippen LogP contribution is 2.28. The van der Waals surface area contributed by atoms with Crippen LogP contribution in [0.15, 0.2) is 12.1 Å². The number of hydrogen-bond donors (Lipinski definition) is 1. The molecule has 1 aromatic carbocycles. The summed E-state index contributed by atoms with van der Waals surface area (Å²) < 4.78 is 0. The van der Waals surface area contributed by atoms with Crippen molar-refractivity contribution in [3.8, 4) is 0 Å². The molecule has 83 heavy (non-hydrogen) atoms. The highest BCUT2D eigenvalue weighted by atomic mass is 14.5. The molecule has 0 unspecified atom stereocenters. The Bertz CT molecular complexity index is 1330. The van der Waals surface area contributed by atoms with Gasteiger partial charge in [0.25, 0.3) is 0 Å². The average molecular weight is 1160 g/mol. The van der Waals surface area contributed by atoms with E-state index in [0.29, 0.717) is 6.54 Å². The van der Waals surface area contributed by atoms with E-state index in [1.54, 1.807) is 16.7 Å². The second-order valence-corrected chi connectivity index (χ2v) is 28.1. The van der Waals surface area contributed by atoms with Crippen LogP contribution in [-0.4, -0.2) is 0 Å². The van der Waals surface area contributed by atoms with Crippen LogP contribution in [0.4, 0.5) is 0 Å². The van der Waals surface area contributed by atoms with Gasteiger partial charge in [-0.1, -0.05) is 457 Å². The summed E-state index contributed by atoms with van der Waals surface area (Å²) >= 11 is 0. The van der Waals surface area contributed by atoms with Crippen LogP contribution >= 0.6 is 0 Å². The Morgan fingerprint density at radius 3 is 0.470 bits per heavy atom. The van der Waals surface area contributed by atoms with E-state index in [2.05, 4.69) is 32.9 Å². The molecule has 0 fully saturated rings. The first-order valence-electron chi connectivity index (χ1n) is 40.1. The third-order valence-electron chi connectivity index (χ3n) is 20.0. The molecule has 0 aliphatic heterocycles. The summed E-state index contributed by atoms with van der Waals surface area (Å²) in [5, 5.41) is 0. The lowest BCUT2D eigenvalue weighted by molar-refractivity contribution is 0.517. The number of hydrogen-bond acceptors (Lipinski definition) is 1. The fourth-order valence-electron chi connectivity index (χ4n) is 14.1. The fraction of sp³-hybridized carbons (Fsp3) is 0.927. The summed E-state index contributed by atoms with van der Waals surface area (Å²) in [5.74, 6) is 0. The Morgan fingerprint density at radius 2 is 0.301 bits per heavy atom. The van der Waals surface area contributed by atoms with Gasteiger partial charge in [0, 0.05) is 6.54 Å². The molecule has 0 saturated heterocycles. The van der Waals surface area contributed by atoms with Crippen LogP contribution < -0.4 is 5.73 Å². The lowest BCUT2D eigenvalue weighted by Crippen LogP contribution is -2.09. The minimum absolute atomic E-state index is 0.709. The molecule has 0 aromatic heterocycles. The highest BCUT2D eigenvalue weighted by Gasteiger charge is 2.14. The second-order valence-electron chi connectivity index (χ2n) is 28.1. The Hall–Kier alpha value is -0.820. The smallest absolute Gasteiger partial charge is 0.0180 e. The molecule has 0 aliphatic rings. The molecule has 0 radical (unpaired) electrons. The normalized spacial score (nSPS) is 11.8. The number of nitrogens with two attached hydrogens (primary N) is 1. The van der Waals surface area contributed by atoms with E-state index < -0.39 is 0 Å². The van der Waals surface area contributed by atoms with Crippen molar-refractivity contribution in [3.05, 3.63) is 34.4 Å². The molecule has 1 aromatic rings. The van der Waals surface area contributed by atoms with Crippen molar-refractivity contribution in [3.63, 3.8) is 0 Å². The van der Waals surface area contributed by atoms with Crippen LogP contribution in [0.5, 0.6) is 0 Å². The van der Waals surface area contributed by atoms with Gasteiger partial charge in [-0.2, -0.15) is 0 Å². The van der Waals surface area contributed by atoms with Crippen LogP contribution in [0.1, 0.15) is 486 Å². The van der Waals surface area contributed by atoms with E-state index in [9.17, 15) is 0 Å². The third-order valence-corrected chi connectivity index (χ3v) is 20.0. The minimum Gasteiger partial charge on any atom is -0.326 e. The Balaban J connectivity index is 2.33. The zero-order valence-corrected chi connectivity index (χ0v) is 58.4. The zero-order chi connectivity index (χ0) is 59.3. The summed E-state index contributed by atoms with van der Waals surface area (Å²) in [6.45, 7) is 7.67. The predicted molar refractivity (Wildman–Crippen MR) is 381 cm³/mol. The molecule has 1 heteroatoms. The Kier molecular flexibility index (Phi) is 67.9. The quantitative estimate of drug-likeness (QED) is 0.0647. The summed E-state index contributed by atoms with van der Waals surface area (Å²) in [4.78, 5) is 0. The molecule has 0 spiro atoms. The van der Waals surface area contributed by atoms with Gasteiger partial charge in [-0.15, -0.1) is 0 Å². The van der Waals surface area contributed by atoms with Crippen molar-refractivity contribution in [1.29, 1.82) is 0 Å². The van der Waals surface area contributed by atoms with Crippen molar-refractivity contribution in [2.45, 2.75) is 490 Å². The van der Waals surface area contributed by atoms with Gasteiger partial charge in [-0.25, -0.2) is 0 Å². The van der Waals surface area contributed by atoms with Gasteiger partial charge in [0.15, 0.2) is 0 Å². The Labute approximate surface area is 527 Å². The summed E-state index contributed by atoms with van der Waals surface area (Å²) in [6, 6.07) is 4.97. The van der Waals surface area contributed by atoms with Gasteiger partial charge in [0.2, 0.25) is 0 Å². The van der Waals surface area contributed by atoms with Crippen LogP contribution in [0.25, 0.3) is 0 Å². The van der Waals surface area contributed by atoms with Crippen molar-refractivity contribution < 1.29 is 0 Å². The highest BCUT2D eigenvalue weighted by molar-refractivity contribution is 5.42. The lowest BCUT2D eigenvalue weighted by Gasteiger charge is -2.19. The first kappa shape index (κ1) is 80.2. The van der Waals surface area contributed by atoms with Crippen molar-refractivity contribution in [2.75, 3.05) is 0 Å². The summed E-state index contributed by atoms with van der Waals surface area (Å²) in [6.07, 6.45) is 104. The van der Waals surface area contributed by atoms with E-state index >= 15 is 0 Å². The van der Waals surface area contributed by atoms with Crippen molar-refractivity contribution >= 4 is 0 Å². The molecular formula is C82H159N. The molecule has 1 rings (SSSR count). The molecular weight excluding hydrogens is 999 g/mol. The summed E-state index contributed by atoms with van der Waals surface area (Å²) in [7, 11) is 0. The number of unbranched alkanes of at least 4 members (excludes halogenated alkanes) is 66. The maximum atomic E-state index is 6.54. The maximum absolute atomic E-state index is 6.54. The van der Waals surface area contributed by atoms with Crippen molar-refractivity contribution in [1.82, 2.24) is 0 Å². The molecule has 1 nitrogen and oxygen atoms in total. The topological polar surface area (TPSA) is 26.0 Å². The molecule has 0 atom stereocenters. The molecule has 0 saturated carbocycles. The fourth-order valence-corrected chi connectivity index (χ4v) is 14.1. The first-order valence-corrected chi connectivity index (χ1v) is 40.1. The molecule has 0 aliphatic carbocycles. The predicted octanol–water partition coefficient (Wildman–Crippen LogP) is 29.7. The van der Waals surface area contributed by atoms with Gasteiger partial charge in [0.05, 0.1) is 0 Å². The second kappa shape index (κ2) is 70.3. The van der Waals surface area contributed by atoms with Crippen molar-refractivity contribution in [2.24, 2.45) is 5.73 Å². The minimum atomic E-state index is 0.709. The van der Waals surface area contributed by atoms with Gasteiger partial charge >= 0.3 is 0 Å². The first-order chi connectivity index (χ1) is 41.3. The standard InChI is InChI=1S/C82H159N/c1-4-7-10-13-16-19-22-25-28-31-34-37-40-43-46-49-52-55-58-61-64-67-70-73-79-76-77-80(78-83)82(75-72-69-66-63-60-57-54-51-48-45-42-39-36-33-30-27-24-21-18-15-12-9-6-3)81(79)74-71-68-65-62-59-56-53-50-47-44-41-38-35-32-29-26-23-20-17-14-11-8-5-2/h76-77H,4-75,78,83H2,1-3H3. The monoisotopic (exact) mass is 1160 g/mol. The van der Waals surface area contributed by atoms with Crippen LogP contribution in [-0.2, 0) is 25.8 Å². The van der Waals surface area contributed by atoms with Gasteiger partial charge < -0.3 is 5.73 Å². The van der Waals surface area contributed by atoms with E-state index in [4.69, 9.17) is 5.73 Å². The molecule has 0 bridgehead atoms. The van der Waals surface area contributed by atoms with Gasteiger partial charge in [-0.05, 0) is 60.8 Å². The van der Waals surface area contributed by atoms with E-state index in [0.717, 1.165) is 0 Å². The van der Waals surface area contributed by atoms with E-state index in [1.165, 1.54) is 468 Å². The molecule has 0 heterocycles. The Morgan fingerprint density at radius 1 is 0.169 bits per heavy atom. The molecule has 492 valence electrons. The van der Waals surface area contributed by atoms with E-state index in [1.807, 2.05) is 0 Å². The van der Waals surface area contributed by atoms with Gasteiger partial charge in [-0.3, -0.25) is 0 Å². The van der Waals surface area contributed by atoms with E-state index in [-0.39, 0.29) is 0 Å². The van der Waals surface area contributed by atoms with Crippen LogP contribution in [0.3, 0.4) is 0 Å². The van der Waals surface area contributed by atoms with Gasteiger partial charge in [0.1, 0.15) is 0 Å². The molecule has 0 amide bonds. The maximum Gasteiger partial charge on any atom is 0.0180 e. The summed E-state index contributed by atoms with van der Waals surface area (Å²) in [5.41, 5.74) is 13.1. The zero-order valence-electron chi connectivity index (χ0n) is 58.4. The lowest BCUT2D eigenvalue weighted by atomic mass is 9.87. The number of benzene rings is 1. The average Bonchev–Trinajstić information content (AvgIpc) is 3.57. The van der Waals surface area contributed by atoms with Crippen LogP contribution in [0, 0.1) is 0 Å². The SMILES string of the molecule is CCCCCCCCCCCCCCCCCCCCCCCCCc1ccc(CN)c(CCCCCCCCCCCCCCCCCCCCCCCCC)c1CCCCCCCCCCCCCCCCCCCCCCCCC. The number of aryl methyl sites for hydroxylation is 1. The molecule has 2 N–H and O–H groups in total. The van der Waals surface area contributed by atoms with Crippen LogP contribution in [0.2, 0.25) is 0 Å².